The molecule has 0 radical (unpaired) electrons. The maximum atomic E-state index is 14.7. The van der Waals surface area contributed by atoms with Crippen LogP contribution in [0.15, 0.2) is 107 Å². The molecule has 0 aliphatic heterocycles. The zero-order chi connectivity index (χ0) is 35.8. The van der Waals surface area contributed by atoms with Gasteiger partial charge in [-0.1, -0.05) is 59.6 Å². The van der Waals surface area contributed by atoms with Gasteiger partial charge in [-0.3, -0.25) is 13.9 Å². The highest BCUT2D eigenvalue weighted by Gasteiger charge is 2.36. The van der Waals surface area contributed by atoms with Crippen molar-refractivity contribution in [1.82, 2.24) is 10.2 Å². The van der Waals surface area contributed by atoms with E-state index in [9.17, 15) is 18.0 Å². The van der Waals surface area contributed by atoms with Crippen LogP contribution >= 0.6 is 35.0 Å². The molecule has 4 aromatic rings. The minimum Gasteiger partial charge on any atom is -0.494 e. The Morgan fingerprint density at radius 1 is 0.878 bits per heavy atom. The van der Waals surface area contributed by atoms with Crippen LogP contribution in [0.1, 0.15) is 38.8 Å². The van der Waals surface area contributed by atoms with E-state index in [4.69, 9.17) is 27.9 Å². The maximum absolute atomic E-state index is 14.7. The molecule has 0 aromatic heterocycles. The molecule has 1 N–H and O–H groups in total. The molecule has 0 spiro atoms. The first kappa shape index (κ1) is 38.1. The SMILES string of the molecule is CCOc1ccc(N(CC(=O)N(Cc2c(Cl)cccc2Cl)[C@H](Cc2ccccc2)C(=O)NC(C)(C)C)S(=O)(=O)c2ccc(SC)cc2)cc1. The number of hydrogen-bond acceptors (Lipinski definition) is 6. The third-order valence-electron chi connectivity index (χ3n) is 7.52. The van der Waals surface area contributed by atoms with Crippen molar-refractivity contribution in [2.45, 2.75) is 62.0 Å². The van der Waals surface area contributed by atoms with Crippen LogP contribution in [0.2, 0.25) is 10.0 Å². The van der Waals surface area contributed by atoms with Crippen molar-refractivity contribution in [1.29, 1.82) is 0 Å². The molecule has 0 saturated heterocycles. The fraction of sp³-hybridized carbons (Fsp3) is 0.297. The molecule has 260 valence electrons. The molecule has 4 aromatic carbocycles. The van der Waals surface area contributed by atoms with E-state index in [2.05, 4.69) is 5.32 Å². The van der Waals surface area contributed by atoms with Gasteiger partial charge in [0, 0.05) is 39.0 Å². The number of halogens is 2. The van der Waals surface area contributed by atoms with Crippen molar-refractivity contribution in [3.05, 3.63) is 118 Å². The fourth-order valence-corrected chi connectivity index (χ4v) is 7.48. The lowest BCUT2D eigenvalue weighted by atomic mass is 10.0. The van der Waals surface area contributed by atoms with E-state index < -0.39 is 40.0 Å². The Morgan fingerprint density at radius 2 is 1.49 bits per heavy atom. The Hall–Kier alpha value is -3.70. The van der Waals surface area contributed by atoms with Gasteiger partial charge in [-0.15, -0.1) is 11.8 Å². The molecule has 0 unspecified atom stereocenters. The van der Waals surface area contributed by atoms with Gasteiger partial charge in [0.2, 0.25) is 11.8 Å². The molecule has 0 aliphatic rings. The van der Waals surface area contributed by atoms with Gasteiger partial charge in [0.05, 0.1) is 17.2 Å². The first-order valence-corrected chi connectivity index (χ1v) is 19.1. The van der Waals surface area contributed by atoms with Crippen molar-refractivity contribution < 1.29 is 22.7 Å². The average molecular weight is 743 g/mol. The molecular formula is C37H41Cl2N3O5S2. The molecule has 0 saturated carbocycles. The van der Waals surface area contributed by atoms with Crippen molar-refractivity contribution >= 4 is 62.5 Å². The van der Waals surface area contributed by atoms with Crippen LogP contribution < -0.4 is 14.4 Å². The second-order valence-corrected chi connectivity index (χ2v) is 15.8. The molecule has 4 rings (SSSR count). The zero-order valence-electron chi connectivity index (χ0n) is 28.2. The van der Waals surface area contributed by atoms with Gasteiger partial charge in [-0.25, -0.2) is 8.42 Å². The van der Waals surface area contributed by atoms with Gasteiger partial charge in [0.25, 0.3) is 10.0 Å². The molecule has 0 aliphatic carbocycles. The van der Waals surface area contributed by atoms with Crippen molar-refractivity contribution in [3.63, 3.8) is 0 Å². The lowest BCUT2D eigenvalue weighted by Gasteiger charge is -2.35. The predicted octanol–water partition coefficient (Wildman–Crippen LogP) is 7.86. The Labute approximate surface area is 303 Å². The number of benzene rings is 4. The summed E-state index contributed by atoms with van der Waals surface area (Å²) in [7, 11) is -4.27. The van der Waals surface area contributed by atoms with E-state index in [0.29, 0.717) is 28.0 Å². The first-order chi connectivity index (χ1) is 23.2. The Kier molecular flexibility index (Phi) is 13.1. The number of rotatable bonds is 14. The normalized spacial score (nSPS) is 12.2. The number of thioether (sulfide) groups is 1. The van der Waals surface area contributed by atoms with E-state index in [0.717, 1.165) is 14.8 Å². The summed E-state index contributed by atoms with van der Waals surface area (Å²) in [5, 5.41) is 3.63. The number of carbonyl (C=O) groups is 2. The van der Waals surface area contributed by atoms with Crippen molar-refractivity contribution in [3.8, 4) is 5.75 Å². The number of amides is 2. The van der Waals surface area contributed by atoms with Crippen LogP contribution in [0.4, 0.5) is 5.69 Å². The Balaban J connectivity index is 1.85. The minimum absolute atomic E-state index is 0.0130. The summed E-state index contributed by atoms with van der Waals surface area (Å²) >= 11 is 14.7. The molecular weight excluding hydrogens is 701 g/mol. The summed E-state index contributed by atoms with van der Waals surface area (Å²) in [6, 6.07) is 26.2. The minimum atomic E-state index is -4.27. The number of carbonyl (C=O) groups excluding carboxylic acids is 2. The maximum Gasteiger partial charge on any atom is 0.264 e. The summed E-state index contributed by atoms with van der Waals surface area (Å²) in [6.45, 7) is 7.07. The van der Waals surface area contributed by atoms with Gasteiger partial charge < -0.3 is 15.0 Å². The van der Waals surface area contributed by atoms with E-state index in [-0.39, 0.29) is 23.5 Å². The number of nitrogens with zero attached hydrogens (tertiary/aromatic N) is 2. The number of sulfonamides is 1. The highest BCUT2D eigenvalue weighted by Crippen LogP contribution is 2.30. The number of hydrogen-bond donors (Lipinski definition) is 1. The molecule has 1 atom stereocenters. The van der Waals surface area contributed by atoms with Gasteiger partial charge >= 0.3 is 0 Å². The van der Waals surface area contributed by atoms with E-state index in [1.54, 1.807) is 54.6 Å². The highest BCUT2D eigenvalue weighted by atomic mass is 35.5. The summed E-state index contributed by atoms with van der Waals surface area (Å²) in [4.78, 5) is 31.1. The average Bonchev–Trinajstić information content (AvgIpc) is 3.06. The van der Waals surface area contributed by atoms with E-state index in [1.807, 2.05) is 64.3 Å². The first-order valence-electron chi connectivity index (χ1n) is 15.7. The van der Waals surface area contributed by atoms with Gasteiger partial charge in [0.1, 0.15) is 18.3 Å². The van der Waals surface area contributed by atoms with Crippen LogP contribution in [0.3, 0.4) is 0 Å². The molecule has 0 fully saturated rings. The number of anilines is 1. The van der Waals surface area contributed by atoms with Crippen LogP contribution in [0, 0.1) is 0 Å². The largest absolute Gasteiger partial charge is 0.494 e. The zero-order valence-corrected chi connectivity index (χ0v) is 31.3. The lowest BCUT2D eigenvalue weighted by molar-refractivity contribution is -0.140. The molecule has 8 nitrogen and oxygen atoms in total. The van der Waals surface area contributed by atoms with Crippen molar-refractivity contribution in [2.75, 3.05) is 23.7 Å². The smallest absolute Gasteiger partial charge is 0.264 e. The summed E-state index contributed by atoms with van der Waals surface area (Å²) in [5.41, 5.74) is 0.872. The standard InChI is InChI=1S/C37H41Cl2N3O5S2/c1-6-47-28-17-15-27(16-18-28)42(49(45,46)30-21-19-29(48-5)20-22-30)25-35(43)41(24-31-32(38)13-10-14-33(31)39)34(36(44)40-37(2,3)4)23-26-11-8-7-9-12-26/h7-22,34H,6,23-25H2,1-5H3,(H,40,44)/t34-/m1/s1. The molecule has 0 bridgehead atoms. The van der Waals surface area contributed by atoms with E-state index in [1.165, 1.54) is 28.8 Å². The fourth-order valence-electron chi connectivity index (χ4n) is 5.14. The third kappa shape index (κ3) is 10.2. The Bertz CT molecular complexity index is 1810. The molecule has 49 heavy (non-hydrogen) atoms. The third-order valence-corrected chi connectivity index (χ3v) is 10.8. The van der Waals surface area contributed by atoms with E-state index >= 15 is 0 Å². The number of ether oxygens (including phenoxy) is 1. The molecule has 12 heteroatoms. The Morgan fingerprint density at radius 3 is 2.04 bits per heavy atom. The highest BCUT2D eigenvalue weighted by molar-refractivity contribution is 7.98. The second kappa shape index (κ2) is 16.8. The van der Waals surface area contributed by atoms with Crippen LogP contribution in [-0.2, 0) is 32.6 Å². The summed E-state index contributed by atoms with van der Waals surface area (Å²) < 4.78 is 35.3. The quantitative estimate of drug-likeness (QED) is 0.132. The van der Waals surface area contributed by atoms with Crippen molar-refractivity contribution in [2.24, 2.45) is 0 Å². The van der Waals surface area contributed by atoms with Gasteiger partial charge in [0.15, 0.2) is 0 Å². The van der Waals surface area contributed by atoms with Gasteiger partial charge in [-0.2, -0.15) is 0 Å². The topological polar surface area (TPSA) is 96.0 Å². The number of nitrogens with one attached hydrogen (secondary N) is 1. The summed E-state index contributed by atoms with van der Waals surface area (Å²) in [6.07, 6.45) is 2.05. The van der Waals surface area contributed by atoms with Gasteiger partial charge in [-0.05, 0) is 100 Å². The second-order valence-electron chi connectivity index (χ2n) is 12.3. The van der Waals surface area contributed by atoms with Crippen LogP contribution in [0.25, 0.3) is 0 Å². The monoisotopic (exact) mass is 741 g/mol. The molecule has 0 heterocycles. The lowest BCUT2D eigenvalue weighted by Crippen LogP contribution is -2.56. The van der Waals surface area contributed by atoms with Crippen LogP contribution in [-0.4, -0.2) is 56.1 Å². The summed E-state index contributed by atoms with van der Waals surface area (Å²) in [5.74, 6) is -0.480. The molecule has 2 amide bonds. The predicted molar refractivity (Wildman–Crippen MR) is 199 cm³/mol. The van der Waals surface area contributed by atoms with Crippen LogP contribution in [0.5, 0.6) is 5.75 Å².